The number of amides is 1. The molecule has 0 aromatic carbocycles. The van der Waals surface area contributed by atoms with Crippen LogP contribution in [0.3, 0.4) is 0 Å². The van der Waals surface area contributed by atoms with Crippen molar-refractivity contribution in [2.45, 2.75) is 244 Å². The fourth-order valence-electron chi connectivity index (χ4n) is 6.64. The Morgan fingerprint density at radius 2 is 0.960 bits per heavy atom. The number of carbonyl (C=O) groups is 2. The zero-order valence-electron chi connectivity index (χ0n) is 33.4. The van der Waals surface area contributed by atoms with Gasteiger partial charge >= 0.3 is 5.97 Å². The van der Waals surface area contributed by atoms with E-state index in [0.29, 0.717) is 25.9 Å². The third-order valence-electron chi connectivity index (χ3n) is 10.1. The van der Waals surface area contributed by atoms with Crippen LogP contribution in [0.1, 0.15) is 232 Å². The molecule has 50 heavy (non-hydrogen) atoms. The fourth-order valence-corrected chi connectivity index (χ4v) is 6.64. The van der Waals surface area contributed by atoms with Crippen molar-refractivity contribution in [1.82, 2.24) is 5.32 Å². The van der Waals surface area contributed by atoms with Crippen molar-refractivity contribution >= 4 is 11.9 Å². The van der Waals surface area contributed by atoms with Crippen molar-refractivity contribution in [2.75, 3.05) is 13.2 Å². The second-order valence-corrected chi connectivity index (χ2v) is 15.0. The Morgan fingerprint density at radius 1 is 0.540 bits per heavy atom. The van der Waals surface area contributed by atoms with Crippen molar-refractivity contribution in [2.24, 2.45) is 0 Å². The summed E-state index contributed by atoms with van der Waals surface area (Å²) in [5.74, 6) is -0.132. The topological polar surface area (TPSA) is 95.9 Å². The fraction of sp³-hybridized carbons (Fsp3) is 0.909. The van der Waals surface area contributed by atoms with Crippen LogP contribution in [0.15, 0.2) is 12.2 Å². The van der Waals surface area contributed by atoms with Crippen LogP contribution in [0, 0.1) is 0 Å². The number of hydrogen-bond acceptors (Lipinski definition) is 5. The van der Waals surface area contributed by atoms with E-state index in [1.54, 1.807) is 0 Å². The van der Waals surface area contributed by atoms with E-state index in [1.165, 1.54) is 128 Å². The molecule has 0 aromatic rings. The van der Waals surface area contributed by atoms with Crippen molar-refractivity contribution < 1.29 is 24.5 Å². The molecule has 0 aromatic heterocycles. The highest BCUT2D eigenvalue weighted by atomic mass is 16.5. The molecule has 0 aliphatic carbocycles. The molecule has 2 atom stereocenters. The minimum absolute atomic E-state index is 0.0365. The number of aliphatic hydroxyl groups excluding tert-OH is 2. The van der Waals surface area contributed by atoms with Gasteiger partial charge in [-0.25, -0.2) is 0 Å². The third-order valence-corrected chi connectivity index (χ3v) is 10.1. The minimum atomic E-state index is -0.692. The van der Waals surface area contributed by atoms with Crippen LogP contribution < -0.4 is 5.32 Å². The Bertz CT molecular complexity index is 742. The van der Waals surface area contributed by atoms with Gasteiger partial charge in [-0.1, -0.05) is 187 Å². The second-order valence-electron chi connectivity index (χ2n) is 15.0. The van der Waals surface area contributed by atoms with E-state index in [-0.39, 0.29) is 18.5 Å². The van der Waals surface area contributed by atoms with Crippen molar-refractivity contribution in [3.63, 3.8) is 0 Å². The largest absolute Gasteiger partial charge is 0.466 e. The predicted octanol–water partition coefficient (Wildman–Crippen LogP) is 12.2. The highest BCUT2D eigenvalue weighted by Gasteiger charge is 2.19. The number of ether oxygens (including phenoxy) is 1. The molecule has 0 spiro atoms. The summed E-state index contributed by atoms with van der Waals surface area (Å²) in [4.78, 5) is 24.3. The number of nitrogens with one attached hydrogen (secondary N) is 1. The molecule has 0 fully saturated rings. The van der Waals surface area contributed by atoms with Gasteiger partial charge in [0, 0.05) is 12.8 Å². The average Bonchev–Trinajstić information content (AvgIpc) is 3.11. The summed E-state index contributed by atoms with van der Waals surface area (Å²) in [6.45, 7) is 4.84. The summed E-state index contributed by atoms with van der Waals surface area (Å²) in [6, 6.07) is -0.576. The summed E-state index contributed by atoms with van der Waals surface area (Å²) in [7, 11) is 0. The lowest BCUT2D eigenvalue weighted by atomic mass is 10.0. The van der Waals surface area contributed by atoms with Gasteiger partial charge in [0.05, 0.1) is 25.4 Å². The maximum atomic E-state index is 12.4. The second kappa shape index (κ2) is 40.4. The third kappa shape index (κ3) is 36.4. The number of unbranched alkanes of at least 4 members (excludes halogenated alkanes) is 27. The molecule has 3 N–H and O–H groups in total. The van der Waals surface area contributed by atoms with Crippen molar-refractivity contribution in [3.8, 4) is 0 Å². The molecule has 6 nitrogen and oxygen atoms in total. The molecule has 1 amide bonds. The smallest absolute Gasteiger partial charge is 0.305 e. The number of allylic oxidation sites excluding steroid dienone is 2. The van der Waals surface area contributed by atoms with E-state index >= 15 is 0 Å². The lowest BCUT2D eigenvalue weighted by molar-refractivity contribution is -0.143. The van der Waals surface area contributed by atoms with Gasteiger partial charge in [0.2, 0.25) is 5.91 Å². The Kier molecular flexibility index (Phi) is 39.2. The SMILES string of the molecule is CCCCCCCCCCCCCCCC(O)C(CO)NC(=O)CCC/C=C\CCCCCCOC(=O)CCCCCCCCCCCCC. The van der Waals surface area contributed by atoms with E-state index in [0.717, 1.165) is 70.6 Å². The van der Waals surface area contributed by atoms with E-state index in [4.69, 9.17) is 4.74 Å². The van der Waals surface area contributed by atoms with E-state index < -0.39 is 12.1 Å². The van der Waals surface area contributed by atoms with Gasteiger partial charge in [0.15, 0.2) is 0 Å². The maximum absolute atomic E-state index is 12.4. The monoisotopic (exact) mass is 708 g/mol. The summed E-state index contributed by atoms with van der Waals surface area (Å²) >= 11 is 0. The molecule has 0 saturated heterocycles. The van der Waals surface area contributed by atoms with Gasteiger partial charge in [-0.3, -0.25) is 9.59 Å². The van der Waals surface area contributed by atoms with Crippen molar-refractivity contribution in [1.29, 1.82) is 0 Å². The molecule has 296 valence electrons. The van der Waals surface area contributed by atoms with Gasteiger partial charge in [-0.15, -0.1) is 0 Å². The standard InChI is InChI=1S/C44H85NO5/c1-3-5-7-9-11-13-15-16-18-20-24-28-32-36-42(47)41(40-46)45-43(48)37-33-29-25-21-19-23-27-31-35-39-50-44(49)38-34-30-26-22-17-14-12-10-8-6-4-2/h21,25,41-42,46-47H,3-20,22-24,26-40H2,1-2H3,(H,45,48)/b25-21-. The molecule has 0 radical (unpaired) electrons. The summed E-state index contributed by atoms with van der Waals surface area (Å²) < 4.78 is 5.41. The highest BCUT2D eigenvalue weighted by molar-refractivity contribution is 5.76. The number of rotatable bonds is 40. The van der Waals surface area contributed by atoms with Gasteiger partial charge in [0.1, 0.15) is 0 Å². The molecule has 6 heteroatoms. The number of aliphatic hydroxyl groups is 2. The Hall–Kier alpha value is -1.40. The Morgan fingerprint density at radius 3 is 1.46 bits per heavy atom. The molecular weight excluding hydrogens is 622 g/mol. The zero-order chi connectivity index (χ0) is 36.6. The van der Waals surface area contributed by atoms with Crippen LogP contribution >= 0.6 is 0 Å². The van der Waals surface area contributed by atoms with E-state index in [1.807, 2.05) is 0 Å². The molecule has 2 unspecified atom stereocenters. The first-order valence-corrected chi connectivity index (χ1v) is 21.9. The number of hydrogen-bond donors (Lipinski definition) is 3. The average molecular weight is 708 g/mol. The molecule has 0 aliphatic rings. The summed E-state index contributed by atoms with van der Waals surface area (Å²) in [5.41, 5.74) is 0. The molecular formula is C44H85NO5. The quantitative estimate of drug-likeness (QED) is 0.0335. The predicted molar refractivity (Wildman–Crippen MR) is 213 cm³/mol. The Labute approximate surface area is 310 Å². The molecule has 0 bridgehead atoms. The number of esters is 1. The van der Waals surface area contributed by atoms with Gasteiger partial charge in [-0.05, 0) is 44.9 Å². The Balaban J connectivity index is 3.57. The van der Waals surface area contributed by atoms with Crippen LogP contribution in [-0.4, -0.2) is 47.4 Å². The van der Waals surface area contributed by atoms with E-state index in [9.17, 15) is 19.8 Å². The molecule has 0 saturated carbocycles. The summed E-state index contributed by atoms with van der Waals surface area (Å²) in [6.07, 6.45) is 43.1. The highest BCUT2D eigenvalue weighted by Crippen LogP contribution is 2.15. The first kappa shape index (κ1) is 48.6. The number of carbonyl (C=O) groups excluding carboxylic acids is 2. The first-order valence-electron chi connectivity index (χ1n) is 21.9. The zero-order valence-corrected chi connectivity index (χ0v) is 33.4. The van der Waals surface area contributed by atoms with Crippen LogP contribution in [0.4, 0.5) is 0 Å². The maximum Gasteiger partial charge on any atom is 0.305 e. The summed E-state index contributed by atoms with van der Waals surface area (Å²) in [5, 5.41) is 23.1. The molecule has 0 rings (SSSR count). The molecule has 0 heterocycles. The van der Waals surface area contributed by atoms with Crippen LogP contribution in [0.25, 0.3) is 0 Å². The van der Waals surface area contributed by atoms with Crippen LogP contribution in [0.2, 0.25) is 0 Å². The van der Waals surface area contributed by atoms with Gasteiger partial charge < -0.3 is 20.3 Å². The van der Waals surface area contributed by atoms with Crippen LogP contribution in [-0.2, 0) is 14.3 Å². The minimum Gasteiger partial charge on any atom is -0.466 e. The van der Waals surface area contributed by atoms with Crippen molar-refractivity contribution in [3.05, 3.63) is 12.2 Å². The van der Waals surface area contributed by atoms with Crippen LogP contribution in [0.5, 0.6) is 0 Å². The molecule has 0 aliphatic heterocycles. The normalized spacial score (nSPS) is 12.8. The lowest BCUT2D eigenvalue weighted by Crippen LogP contribution is -2.45. The first-order chi connectivity index (χ1) is 24.5. The van der Waals surface area contributed by atoms with Gasteiger partial charge in [0.25, 0.3) is 0 Å². The lowest BCUT2D eigenvalue weighted by Gasteiger charge is -2.22. The van der Waals surface area contributed by atoms with E-state index in [2.05, 4.69) is 31.3 Å². The van der Waals surface area contributed by atoms with Gasteiger partial charge in [-0.2, -0.15) is 0 Å².